The van der Waals surface area contributed by atoms with Crippen molar-refractivity contribution in [3.63, 3.8) is 0 Å². The van der Waals surface area contributed by atoms with Gasteiger partial charge in [0.1, 0.15) is 0 Å². The van der Waals surface area contributed by atoms with E-state index in [2.05, 4.69) is 19.2 Å². The minimum absolute atomic E-state index is 0.171. The van der Waals surface area contributed by atoms with Crippen LogP contribution in [0.25, 0.3) is 0 Å². The molecular weight excluding hydrogens is 136 g/mol. The highest BCUT2D eigenvalue weighted by molar-refractivity contribution is 5.21. The highest BCUT2D eigenvalue weighted by Crippen LogP contribution is 2.37. The molecule has 0 aromatic carbocycles. The van der Waals surface area contributed by atoms with Crippen LogP contribution in [0.4, 0.5) is 0 Å². The van der Waals surface area contributed by atoms with E-state index in [1.54, 1.807) is 6.08 Å². The second kappa shape index (κ2) is 3.06. The Morgan fingerprint density at radius 2 is 2.18 bits per heavy atom. The molecule has 0 amide bonds. The second-order valence-electron chi connectivity index (χ2n) is 3.42. The molecule has 0 aromatic rings. The van der Waals surface area contributed by atoms with Gasteiger partial charge in [0.2, 0.25) is 0 Å². The van der Waals surface area contributed by atoms with Crippen LogP contribution in [0.1, 0.15) is 26.7 Å². The maximum absolute atomic E-state index is 8.33. The van der Waals surface area contributed by atoms with Crippen LogP contribution in [0.3, 0.4) is 0 Å². The average molecular weight is 150 g/mol. The fourth-order valence-electron chi connectivity index (χ4n) is 1.27. The van der Waals surface area contributed by atoms with E-state index >= 15 is 0 Å². The smallest absolute Gasteiger partial charge is 0.0909 e. The van der Waals surface area contributed by atoms with Crippen LogP contribution in [-0.4, -0.2) is 11.6 Å². The van der Waals surface area contributed by atoms with E-state index in [4.69, 9.17) is 5.26 Å². The van der Waals surface area contributed by atoms with Gasteiger partial charge in [-0.25, -0.2) is 0 Å². The summed E-state index contributed by atoms with van der Waals surface area (Å²) in [5, 5.41) is 11.8. The van der Waals surface area contributed by atoms with Gasteiger partial charge in [0.15, 0.2) is 0 Å². The van der Waals surface area contributed by atoms with Crippen molar-refractivity contribution in [3.05, 3.63) is 12.2 Å². The molecule has 60 valence electrons. The number of allylic oxidation sites excluding steroid dienone is 1. The van der Waals surface area contributed by atoms with Crippen molar-refractivity contribution in [2.24, 2.45) is 0 Å². The highest BCUT2D eigenvalue weighted by Gasteiger charge is 2.39. The van der Waals surface area contributed by atoms with Gasteiger partial charge in [-0.05, 0) is 12.8 Å². The summed E-state index contributed by atoms with van der Waals surface area (Å²) in [4.78, 5) is 0. The number of nitrogens with zero attached hydrogens (tertiary/aromatic N) is 1. The highest BCUT2D eigenvalue weighted by atomic mass is 15.0. The molecule has 0 aromatic heterocycles. The van der Waals surface area contributed by atoms with Crippen LogP contribution in [0.5, 0.6) is 0 Å². The van der Waals surface area contributed by atoms with Crippen LogP contribution in [0, 0.1) is 11.3 Å². The largest absolute Gasteiger partial charge is 0.306 e. The van der Waals surface area contributed by atoms with Crippen molar-refractivity contribution < 1.29 is 0 Å². The molecule has 1 fully saturated rings. The minimum atomic E-state index is 0.171. The molecule has 1 N–H and O–H groups in total. The zero-order valence-electron chi connectivity index (χ0n) is 7.09. The SMILES string of the molecule is CC(C)NC1(C=CC#N)CC1. The first-order valence-electron chi connectivity index (χ1n) is 4.03. The molecule has 0 atom stereocenters. The Morgan fingerprint density at radius 3 is 2.55 bits per heavy atom. The van der Waals surface area contributed by atoms with Crippen molar-refractivity contribution in [1.82, 2.24) is 5.32 Å². The van der Waals surface area contributed by atoms with Gasteiger partial charge in [0.05, 0.1) is 6.07 Å². The van der Waals surface area contributed by atoms with E-state index < -0.39 is 0 Å². The lowest BCUT2D eigenvalue weighted by atomic mass is 10.2. The average Bonchev–Trinajstić information content (AvgIpc) is 2.64. The van der Waals surface area contributed by atoms with Gasteiger partial charge in [0, 0.05) is 17.7 Å². The van der Waals surface area contributed by atoms with Gasteiger partial charge >= 0.3 is 0 Å². The van der Waals surface area contributed by atoms with Gasteiger partial charge in [-0.3, -0.25) is 0 Å². The first-order valence-corrected chi connectivity index (χ1v) is 4.03. The molecule has 1 aliphatic carbocycles. The Hall–Kier alpha value is -0.810. The third kappa shape index (κ3) is 2.36. The molecule has 1 saturated carbocycles. The first kappa shape index (κ1) is 8.29. The second-order valence-corrected chi connectivity index (χ2v) is 3.42. The van der Waals surface area contributed by atoms with Crippen molar-refractivity contribution in [2.75, 3.05) is 0 Å². The van der Waals surface area contributed by atoms with Gasteiger partial charge in [-0.2, -0.15) is 5.26 Å². The summed E-state index contributed by atoms with van der Waals surface area (Å²) in [7, 11) is 0. The lowest BCUT2D eigenvalue weighted by molar-refractivity contribution is 0.514. The summed E-state index contributed by atoms with van der Waals surface area (Å²) in [5.74, 6) is 0. The summed E-state index contributed by atoms with van der Waals surface area (Å²) >= 11 is 0. The van der Waals surface area contributed by atoms with E-state index in [9.17, 15) is 0 Å². The van der Waals surface area contributed by atoms with E-state index in [1.165, 1.54) is 12.8 Å². The fraction of sp³-hybridized carbons (Fsp3) is 0.667. The Kier molecular flexibility index (Phi) is 2.31. The van der Waals surface area contributed by atoms with Gasteiger partial charge < -0.3 is 5.32 Å². The van der Waals surface area contributed by atoms with E-state index in [-0.39, 0.29) is 5.54 Å². The monoisotopic (exact) mass is 150 g/mol. The molecular formula is C9H14N2. The van der Waals surface area contributed by atoms with Crippen LogP contribution in [-0.2, 0) is 0 Å². The molecule has 0 radical (unpaired) electrons. The molecule has 11 heavy (non-hydrogen) atoms. The summed E-state index contributed by atoms with van der Waals surface area (Å²) in [6.07, 6.45) is 5.89. The number of nitriles is 1. The predicted octanol–water partition coefficient (Wildman–Crippen LogP) is 1.60. The number of hydrogen-bond acceptors (Lipinski definition) is 2. The minimum Gasteiger partial charge on any atom is -0.306 e. The first-order chi connectivity index (χ1) is 5.18. The standard InChI is InChI=1S/C9H14N2/c1-8(2)11-9(5-6-9)4-3-7-10/h3-4,8,11H,5-6H2,1-2H3. The molecule has 1 aliphatic rings. The predicted molar refractivity (Wildman–Crippen MR) is 45.0 cm³/mol. The number of nitrogens with one attached hydrogen (secondary N) is 1. The normalized spacial score (nSPS) is 20.5. The maximum Gasteiger partial charge on any atom is 0.0909 e. The molecule has 2 nitrogen and oxygen atoms in total. The van der Waals surface area contributed by atoms with Crippen molar-refractivity contribution >= 4 is 0 Å². The Morgan fingerprint density at radius 1 is 1.55 bits per heavy atom. The van der Waals surface area contributed by atoms with Gasteiger partial charge in [-0.15, -0.1) is 0 Å². The Balaban J connectivity index is 2.42. The van der Waals surface area contributed by atoms with E-state index in [0.29, 0.717) is 6.04 Å². The molecule has 0 heterocycles. The summed E-state index contributed by atoms with van der Waals surface area (Å²) in [6, 6.07) is 2.52. The topological polar surface area (TPSA) is 35.8 Å². The Bertz CT molecular complexity index is 194. The van der Waals surface area contributed by atoms with Crippen molar-refractivity contribution in [1.29, 1.82) is 5.26 Å². The zero-order valence-corrected chi connectivity index (χ0v) is 7.09. The van der Waals surface area contributed by atoms with Crippen LogP contribution in [0.2, 0.25) is 0 Å². The molecule has 0 aliphatic heterocycles. The van der Waals surface area contributed by atoms with E-state index in [1.807, 2.05) is 12.1 Å². The zero-order chi connectivity index (χ0) is 8.32. The van der Waals surface area contributed by atoms with Gasteiger partial charge in [-0.1, -0.05) is 19.9 Å². The Labute approximate surface area is 67.9 Å². The summed E-state index contributed by atoms with van der Waals surface area (Å²) in [5.41, 5.74) is 0.171. The van der Waals surface area contributed by atoms with Crippen molar-refractivity contribution in [3.8, 4) is 6.07 Å². The lowest BCUT2D eigenvalue weighted by Gasteiger charge is -2.15. The third-order valence-electron chi connectivity index (χ3n) is 1.84. The van der Waals surface area contributed by atoms with Crippen LogP contribution >= 0.6 is 0 Å². The number of hydrogen-bond donors (Lipinski definition) is 1. The maximum atomic E-state index is 8.33. The fourth-order valence-corrected chi connectivity index (χ4v) is 1.27. The third-order valence-corrected chi connectivity index (χ3v) is 1.84. The van der Waals surface area contributed by atoms with Crippen LogP contribution in [0.15, 0.2) is 12.2 Å². The molecule has 1 rings (SSSR count). The summed E-state index contributed by atoms with van der Waals surface area (Å²) in [6.45, 7) is 4.25. The molecule has 0 spiro atoms. The van der Waals surface area contributed by atoms with Gasteiger partial charge in [0.25, 0.3) is 0 Å². The molecule has 0 unspecified atom stereocenters. The molecule has 0 saturated heterocycles. The van der Waals surface area contributed by atoms with Crippen molar-refractivity contribution in [2.45, 2.75) is 38.3 Å². The number of rotatable bonds is 3. The molecule has 2 heteroatoms. The quantitative estimate of drug-likeness (QED) is 0.620. The summed E-state index contributed by atoms with van der Waals surface area (Å²) < 4.78 is 0. The van der Waals surface area contributed by atoms with E-state index in [0.717, 1.165) is 0 Å². The molecule has 0 bridgehead atoms. The van der Waals surface area contributed by atoms with Crippen LogP contribution < -0.4 is 5.32 Å². The lowest BCUT2D eigenvalue weighted by Crippen LogP contribution is -2.34.